The third-order valence-electron chi connectivity index (χ3n) is 6.65. The molecule has 1 aromatic heterocycles. The molecule has 0 unspecified atom stereocenters. The predicted octanol–water partition coefficient (Wildman–Crippen LogP) is 1.47. The summed E-state index contributed by atoms with van der Waals surface area (Å²) in [6.07, 6.45) is 3.17. The van der Waals surface area contributed by atoms with E-state index in [9.17, 15) is 4.79 Å². The fourth-order valence-corrected chi connectivity index (χ4v) is 5.13. The standard InChI is InChI=1S/C21H35N5O2/c1-4-26-19(12-17(2)22-26)20(27)25-7-5-6-21(16-25)13-18(15-28-21)14-24-10-8-23(3)9-11-24/h12,18H,4-11,13-16H2,1-3H3/t18-,21-/m0/s1. The average Bonchev–Trinajstić information content (AvgIpc) is 3.26. The number of hydrogen-bond acceptors (Lipinski definition) is 5. The van der Waals surface area contributed by atoms with Gasteiger partial charge in [0.2, 0.25) is 0 Å². The quantitative estimate of drug-likeness (QED) is 0.781. The molecule has 4 rings (SSSR count). The van der Waals surface area contributed by atoms with Crippen molar-refractivity contribution in [2.24, 2.45) is 5.92 Å². The van der Waals surface area contributed by atoms with Gasteiger partial charge in [0.15, 0.2) is 0 Å². The van der Waals surface area contributed by atoms with Crippen LogP contribution in [0.3, 0.4) is 0 Å². The Hall–Kier alpha value is -1.44. The Morgan fingerprint density at radius 3 is 2.82 bits per heavy atom. The summed E-state index contributed by atoms with van der Waals surface area (Å²) in [6.45, 7) is 12.8. The third-order valence-corrected chi connectivity index (χ3v) is 6.65. The molecule has 7 nitrogen and oxygen atoms in total. The fourth-order valence-electron chi connectivity index (χ4n) is 5.13. The fraction of sp³-hybridized carbons (Fsp3) is 0.810. The van der Waals surface area contributed by atoms with Crippen molar-refractivity contribution in [3.05, 3.63) is 17.5 Å². The van der Waals surface area contributed by atoms with Crippen LogP contribution in [0.2, 0.25) is 0 Å². The van der Waals surface area contributed by atoms with Gasteiger partial charge in [0.05, 0.1) is 24.4 Å². The maximum absolute atomic E-state index is 13.2. The zero-order chi connectivity index (χ0) is 19.7. The molecule has 3 saturated heterocycles. The summed E-state index contributed by atoms with van der Waals surface area (Å²) in [6, 6.07) is 1.92. The Bertz CT molecular complexity index is 697. The summed E-state index contributed by atoms with van der Waals surface area (Å²) in [5.74, 6) is 0.689. The number of amides is 1. The summed E-state index contributed by atoms with van der Waals surface area (Å²) in [7, 11) is 2.20. The van der Waals surface area contributed by atoms with E-state index in [4.69, 9.17) is 4.74 Å². The smallest absolute Gasteiger partial charge is 0.272 e. The number of carbonyl (C=O) groups is 1. The molecule has 4 heterocycles. The number of rotatable bonds is 4. The van der Waals surface area contributed by atoms with E-state index in [0.29, 0.717) is 11.6 Å². The second-order valence-electron chi connectivity index (χ2n) is 8.99. The third kappa shape index (κ3) is 4.11. The first-order valence-electron chi connectivity index (χ1n) is 10.9. The minimum atomic E-state index is -0.142. The highest BCUT2D eigenvalue weighted by molar-refractivity contribution is 5.92. The molecule has 1 amide bonds. The zero-order valence-corrected chi connectivity index (χ0v) is 17.7. The van der Waals surface area contributed by atoms with Crippen molar-refractivity contribution in [2.75, 3.05) is 59.5 Å². The van der Waals surface area contributed by atoms with E-state index in [-0.39, 0.29) is 11.5 Å². The van der Waals surface area contributed by atoms with Gasteiger partial charge in [0.1, 0.15) is 5.69 Å². The normalized spacial score (nSPS) is 29.7. The number of hydrogen-bond donors (Lipinski definition) is 0. The van der Waals surface area contributed by atoms with Gasteiger partial charge in [-0.2, -0.15) is 5.10 Å². The Morgan fingerprint density at radius 1 is 1.29 bits per heavy atom. The molecular formula is C21H35N5O2. The molecule has 1 spiro atoms. The monoisotopic (exact) mass is 389 g/mol. The van der Waals surface area contributed by atoms with Crippen molar-refractivity contribution in [3.8, 4) is 0 Å². The summed E-state index contributed by atoms with van der Waals surface area (Å²) >= 11 is 0. The number of piperazine rings is 1. The largest absolute Gasteiger partial charge is 0.373 e. The summed E-state index contributed by atoms with van der Waals surface area (Å²) < 4.78 is 8.21. The van der Waals surface area contributed by atoms with Crippen LogP contribution in [0.15, 0.2) is 6.07 Å². The van der Waals surface area contributed by atoms with E-state index in [0.717, 1.165) is 83.9 Å². The lowest BCUT2D eigenvalue weighted by Crippen LogP contribution is -2.50. The summed E-state index contributed by atoms with van der Waals surface area (Å²) in [5.41, 5.74) is 1.47. The zero-order valence-electron chi connectivity index (χ0n) is 17.7. The van der Waals surface area contributed by atoms with Crippen molar-refractivity contribution in [3.63, 3.8) is 0 Å². The number of piperidine rings is 1. The van der Waals surface area contributed by atoms with Gasteiger partial charge in [-0.3, -0.25) is 9.48 Å². The van der Waals surface area contributed by atoms with E-state index in [1.807, 2.05) is 29.5 Å². The lowest BCUT2D eigenvalue weighted by Gasteiger charge is -2.40. The molecule has 0 saturated carbocycles. The van der Waals surface area contributed by atoms with Gasteiger partial charge in [-0.1, -0.05) is 0 Å². The molecule has 3 aliphatic rings. The predicted molar refractivity (Wildman–Crippen MR) is 109 cm³/mol. The highest BCUT2D eigenvalue weighted by atomic mass is 16.5. The molecule has 0 aromatic carbocycles. The van der Waals surface area contributed by atoms with Crippen molar-refractivity contribution in [1.29, 1.82) is 0 Å². The number of ether oxygens (including phenoxy) is 1. The Kier molecular flexibility index (Phi) is 5.76. The molecule has 28 heavy (non-hydrogen) atoms. The average molecular weight is 390 g/mol. The molecule has 0 N–H and O–H groups in total. The SMILES string of the molecule is CCn1nc(C)cc1C(=O)N1CCC[C@]2(C[C@@H](CN3CCN(C)CC3)CO2)C1. The molecule has 0 radical (unpaired) electrons. The van der Waals surface area contributed by atoms with Crippen LogP contribution in [-0.4, -0.2) is 95.5 Å². The molecule has 3 fully saturated rings. The van der Waals surface area contributed by atoms with Crippen LogP contribution in [0.25, 0.3) is 0 Å². The van der Waals surface area contributed by atoms with Crippen LogP contribution in [0.4, 0.5) is 0 Å². The molecule has 0 aliphatic carbocycles. The Labute approximate surface area is 168 Å². The van der Waals surface area contributed by atoms with Gasteiger partial charge >= 0.3 is 0 Å². The number of aromatic nitrogens is 2. The van der Waals surface area contributed by atoms with Crippen molar-refractivity contribution < 1.29 is 9.53 Å². The molecule has 156 valence electrons. The van der Waals surface area contributed by atoms with Crippen molar-refractivity contribution >= 4 is 5.91 Å². The second-order valence-corrected chi connectivity index (χ2v) is 8.99. The number of likely N-dealkylation sites (tertiary alicyclic amines) is 1. The molecule has 2 atom stereocenters. The highest BCUT2D eigenvalue weighted by Gasteiger charge is 2.45. The first-order chi connectivity index (χ1) is 13.5. The Balaban J connectivity index is 1.37. The molecule has 1 aromatic rings. The maximum Gasteiger partial charge on any atom is 0.272 e. The minimum Gasteiger partial charge on any atom is -0.373 e. The topological polar surface area (TPSA) is 53.8 Å². The summed E-state index contributed by atoms with van der Waals surface area (Å²) in [5, 5.41) is 4.45. The van der Waals surface area contributed by atoms with E-state index >= 15 is 0 Å². The number of nitrogens with zero attached hydrogens (tertiary/aromatic N) is 5. The van der Waals surface area contributed by atoms with E-state index in [2.05, 4.69) is 21.9 Å². The number of aryl methyl sites for hydroxylation is 2. The van der Waals surface area contributed by atoms with Crippen LogP contribution in [-0.2, 0) is 11.3 Å². The molecule has 3 aliphatic heterocycles. The lowest BCUT2D eigenvalue weighted by molar-refractivity contribution is -0.0453. The van der Waals surface area contributed by atoms with Gasteiger partial charge in [0.25, 0.3) is 5.91 Å². The van der Waals surface area contributed by atoms with E-state index < -0.39 is 0 Å². The molecule has 7 heteroatoms. The molecular weight excluding hydrogens is 354 g/mol. The molecule has 0 bridgehead atoms. The first-order valence-corrected chi connectivity index (χ1v) is 10.9. The summed E-state index contributed by atoms with van der Waals surface area (Å²) in [4.78, 5) is 20.1. The number of likely N-dealkylation sites (N-methyl/N-ethyl adjacent to an activating group) is 1. The van der Waals surface area contributed by atoms with Gasteiger partial charge in [0, 0.05) is 45.8 Å². The minimum absolute atomic E-state index is 0.104. The van der Waals surface area contributed by atoms with Crippen molar-refractivity contribution in [1.82, 2.24) is 24.5 Å². The van der Waals surface area contributed by atoms with E-state index in [1.54, 1.807) is 0 Å². The maximum atomic E-state index is 13.2. The number of carbonyl (C=O) groups excluding carboxylic acids is 1. The first kappa shape index (κ1) is 19.9. The van der Waals surface area contributed by atoms with Gasteiger partial charge in [-0.05, 0) is 52.1 Å². The van der Waals surface area contributed by atoms with E-state index in [1.165, 1.54) is 0 Å². The van der Waals surface area contributed by atoms with Gasteiger partial charge in [-0.25, -0.2) is 0 Å². The van der Waals surface area contributed by atoms with Gasteiger partial charge < -0.3 is 19.4 Å². The highest BCUT2D eigenvalue weighted by Crippen LogP contribution is 2.38. The van der Waals surface area contributed by atoms with Gasteiger partial charge in [-0.15, -0.1) is 0 Å². The Morgan fingerprint density at radius 2 is 2.07 bits per heavy atom. The van der Waals surface area contributed by atoms with Crippen LogP contribution in [0.1, 0.15) is 42.4 Å². The van der Waals surface area contributed by atoms with Crippen LogP contribution < -0.4 is 0 Å². The second kappa shape index (κ2) is 8.13. The lowest BCUT2D eigenvalue weighted by atomic mass is 9.86. The van der Waals surface area contributed by atoms with Crippen LogP contribution in [0.5, 0.6) is 0 Å². The van der Waals surface area contributed by atoms with Crippen molar-refractivity contribution in [2.45, 2.75) is 45.3 Å². The van der Waals surface area contributed by atoms with Crippen LogP contribution >= 0.6 is 0 Å². The van der Waals surface area contributed by atoms with Crippen LogP contribution in [0, 0.1) is 12.8 Å².